The van der Waals surface area contributed by atoms with Crippen molar-refractivity contribution in [2.45, 2.75) is 19.4 Å². The van der Waals surface area contributed by atoms with Gasteiger partial charge in [-0.05, 0) is 43.2 Å². The van der Waals surface area contributed by atoms with E-state index in [9.17, 15) is 4.79 Å². The number of para-hydroxylation sites is 1. The molecule has 5 heteroatoms. The lowest BCUT2D eigenvalue weighted by Crippen LogP contribution is -2.36. The first-order chi connectivity index (χ1) is 10.1. The van der Waals surface area contributed by atoms with Gasteiger partial charge in [-0.25, -0.2) is 0 Å². The molecule has 1 atom stereocenters. The maximum Gasteiger partial charge on any atom is 0.260 e. The Kier molecular flexibility index (Phi) is 3.57. The highest BCUT2D eigenvalue weighted by Crippen LogP contribution is 2.34. The molecule has 1 aliphatic heterocycles. The summed E-state index contributed by atoms with van der Waals surface area (Å²) in [6.07, 6.45) is 0.855. The van der Waals surface area contributed by atoms with Crippen LogP contribution in [0.1, 0.15) is 22.8 Å². The van der Waals surface area contributed by atoms with E-state index < -0.39 is 0 Å². The molecular weight excluding hydrogens is 286 g/mol. The standard InChI is InChI=1S/C16H16ClN3O/c1-10-8-11-4-2-3-5-15(11)20(10)16(21)13-9-12(17)6-7-14(13)19-18/h2-7,9-10,19H,8,18H2,1H3. The lowest BCUT2D eigenvalue weighted by molar-refractivity contribution is 0.0982. The summed E-state index contributed by atoms with van der Waals surface area (Å²) in [7, 11) is 0. The van der Waals surface area contributed by atoms with Crippen molar-refractivity contribution >= 4 is 28.9 Å². The number of nitrogens with one attached hydrogen (secondary N) is 1. The average Bonchev–Trinajstić information content (AvgIpc) is 2.82. The highest BCUT2D eigenvalue weighted by atomic mass is 35.5. The van der Waals surface area contributed by atoms with Gasteiger partial charge in [0.05, 0.1) is 11.3 Å². The molecule has 0 saturated carbocycles. The van der Waals surface area contributed by atoms with Crippen LogP contribution in [-0.2, 0) is 6.42 Å². The fourth-order valence-electron chi connectivity index (χ4n) is 2.82. The maximum absolute atomic E-state index is 12.9. The molecule has 2 aromatic rings. The Morgan fingerprint density at radius 1 is 1.33 bits per heavy atom. The van der Waals surface area contributed by atoms with E-state index >= 15 is 0 Å². The van der Waals surface area contributed by atoms with Crippen LogP contribution in [0.15, 0.2) is 42.5 Å². The zero-order valence-electron chi connectivity index (χ0n) is 11.6. The number of carbonyl (C=O) groups is 1. The number of hydrogen-bond acceptors (Lipinski definition) is 3. The van der Waals surface area contributed by atoms with Crippen LogP contribution in [0.2, 0.25) is 5.02 Å². The maximum atomic E-state index is 12.9. The number of nitrogens with zero attached hydrogens (tertiary/aromatic N) is 1. The number of hydrogen-bond donors (Lipinski definition) is 2. The molecule has 1 aliphatic rings. The summed E-state index contributed by atoms with van der Waals surface area (Å²) in [6, 6.07) is 13.1. The van der Waals surface area contributed by atoms with Crippen molar-refractivity contribution < 1.29 is 4.79 Å². The summed E-state index contributed by atoms with van der Waals surface area (Å²) < 4.78 is 0. The van der Waals surface area contributed by atoms with E-state index in [0.29, 0.717) is 16.3 Å². The van der Waals surface area contributed by atoms with Gasteiger partial charge in [-0.1, -0.05) is 29.8 Å². The minimum Gasteiger partial charge on any atom is -0.323 e. The highest BCUT2D eigenvalue weighted by Gasteiger charge is 2.32. The van der Waals surface area contributed by atoms with Crippen LogP contribution < -0.4 is 16.2 Å². The molecule has 0 aliphatic carbocycles. The number of nitrogen functional groups attached to an aromatic ring is 1. The van der Waals surface area contributed by atoms with Crippen molar-refractivity contribution in [1.82, 2.24) is 0 Å². The predicted octanol–water partition coefficient (Wildman–Crippen LogP) is 3.22. The summed E-state index contributed by atoms with van der Waals surface area (Å²) >= 11 is 6.02. The van der Waals surface area contributed by atoms with Gasteiger partial charge in [-0.2, -0.15) is 0 Å². The molecule has 0 spiro atoms. The summed E-state index contributed by atoms with van der Waals surface area (Å²) in [6.45, 7) is 2.04. The molecule has 4 nitrogen and oxygen atoms in total. The largest absolute Gasteiger partial charge is 0.323 e. The van der Waals surface area contributed by atoms with Gasteiger partial charge < -0.3 is 10.3 Å². The second-order valence-electron chi connectivity index (χ2n) is 5.19. The van der Waals surface area contributed by atoms with Gasteiger partial charge >= 0.3 is 0 Å². The third-order valence-corrected chi connectivity index (χ3v) is 4.03. The molecular formula is C16H16ClN3O. The summed E-state index contributed by atoms with van der Waals surface area (Å²) in [5.41, 5.74) is 5.75. The number of amides is 1. The fourth-order valence-corrected chi connectivity index (χ4v) is 3.00. The van der Waals surface area contributed by atoms with Crippen molar-refractivity contribution in [3.05, 3.63) is 58.6 Å². The zero-order chi connectivity index (χ0) is 15.0. The Bertz CT molecular complexity index is 702. The smallest absolute Gasteiger partial charge is 0.260 e. The second kappa shape index (κ2) is 5.39. The van der Waals surface area contributed by atoms with Crippen molar-refractivity contribution in [2.75, 3.05) is 10.3 Å². The SMILES string of the molecule is CC1Cc2ccccc2N1C(=O)c1cc(Cl)ccc1NN. The van der Waals surface area contributed by atoms with Crippen molar-refractivity contribution in [2.24, 2.45) is 5.84 Å². The lowest BCUT2D eigenvalue weighted by Gasteiger charge is -2.24. The molecule has 0 aromatic heterocycles. The molecule has 3 N–H and O–H groups in total. The average molecular weight is 302 g/mol. The predicted molar refractivity (Wildman–Crippen MR) is 85.7 cm³/mol. The van der Waals surface area contributed by atoms with E-state index in [2.05, 4.69) is 11.5 Å². The minimum absolute atomic E-state index is 0.0945. The molecule has 108 valence electrons. The van der Waals surface area contributed by atoms with Crippen LogP contribution in [0.4, 0.5) is 11.4 Å². The van der Waals surface area contributed by atoms with Crippen LogP contribution in [-0.4, -0.2) is 11.9 Å². The molecule has 1 amide bonds. The summed E-state index contributed by atoms with van der Waals surface area (Å²) in [5.74, 6) is 5.41. The first-order valence-electron chi connectivity index (χ1n) is 6.79. The number of halogens is 1. The molecule has 2 aromatic carbocycles. The number of benzene rings is 2. The summed E-state index contributed by atoms with van der Waals surface area (Å²) in [4.78, 5) is 14.7. The van der Waals surface area contributed by atoms with E-state index in [1.165, 1.54) is 5.56 Å². The third-order valence-electron chi connectivity index (χ3n) is 3.79. The first-order valence-corrected chi connectivity index (χ1v) is 7.17. The van der Waals surface area contributed by atoms with Crippen molar-refractivity contribution in [3.63, 3.8) is 0 Å². The Morgan fingerprint density at radius 2 is 2.10 bits per heavy atom. The molecule has 0 radical (unpaired) electrons. The van der Waals surface area contributed by atoms with Gasteiger partial charge in [0.15, 0.2) is 0 Å². The molecule has 21 heavy (non-hydrogen) atoms. The Morgan fingerprint density at radius 3 is 2.86 bits per heavy atom. The van der Waals surface area contributed by atoms with Crippen LogP contribution in [0.3, 0.4) is 0 Å². The van der Waals surface area contributed by atoms with Gasteiger partial charge in [0.2, 0.25) is 0 Å². The monoisotopic (exact) mass is 301 g/mol. The number of rotatable bonds is 2. The van der Waals surface area contributed by atoms with Gasteiger partial charge in [0.25, 0.3) is 5.91 Å². The molecule has 0 bridgehead atoms. The van der Waals surface area contributed by atoms with E-state index in [-0.39, 0.29) is 11.9 Å². The molecule has 1 unspecified atom stereocenters. The number of nitrogens with two attached hydrogens (primary N) is 1. The molecule has 1 heterocycles. The number of carbonyl (C=O) groups excluding carboxylic acids is 1. The molecule has 3 rings (SSSR count). The highest BCUT2D eigenvalue weighted by molar-refractivity contribution is 6.31. The number of anilines is 2. The van der Waals surface area contributed by atoms with Crippen molar-refractivity contribution in [3.8, 4) is 0 Å². The van der Waals surface area contributed by atoms with Gasteiger partial charge in [-0.3, -0.25) is 10.6 Å². The first kappa shape index (κ1) is 13.9. The Labute approximate surface area is 128 Å². The topological polar surface area (TPSA) is 58.4 Å². The third kappa shape index (κ3) is 2.37. The lowest BCUT2D eigenvalue weighted by atomic mass is 10.1. The quantitative estimate of drug-likeness (QED) is 0.661. The van der Waals surface area contributed by atoms with Crippen LogP contribution in [0.5, 0.6) is 0 Å². The van der Waals surface area contributed by atoms with Crippen LogP contribution in [0.25, 0.3) is 0 Å². The van der Waals surface area contributed by atoms with Crippen LogP contribution in [0, 0.1) is 0 Å². The molecule has 0 fully saturated rings. The van der Waals surface area contributed by atoms with E-state index in [0.717, 1.165) is 12.1 Å². The fraction of sp³-hybridized carbons (Fsp3) is 0.188. The number of fused-ring (bicyclic) bond motifs is 1. The van der Waals surface area contributed by atoms with E-state index in [1.807, 2.05) is 30.0 Å². The Balaban J connectivity index is 2.05. The van der Waals surface area contributed by atoms with Gasteiger partial charge in [0.1, 0.15) is 0 Å². The van der Waals surface area contributed by atoms with E-state index in [4.69, 9.17) is 17.4 Å². The number of hydrazine groups is 1. The van der Waals surface area contributed by atoms with E-state index in [1.54, 1.807) is 18.2 Å². The van der Waals surface area contributed by atoms with Gasteiger partial charge in [-0.15, -0.1) is 0 Å². The minimum atomic E-state index is -0.0945. The zero-order valence-corrected chi connectivity index (χ0v) is 12.4. The summed E-state index contributed by atoms with van der Waals surface area (Å²) in [5, 5.41) is 0.512. The second-order valence-corrected chi connectivity index (χ2v) is 5.63. The Hall–Kier alpha value is -2.04. The normalized spacial score (nSPS) is 16.7. The molecule has 0 saturated heterocycles. The van der Waals surface area contributed by atoms with Crippen LogP contribution >= 0.6 is 11.6 Å². The van der Waals surface area contributed by atoms with Crippen molar-refractivity contribution in [1.29, 1.82) is 0 Å². The van der Waals surface area contributed by atoms with Gasteiger partial charge in [0, 0.05) is 16.8 Å².